The van der Waals surface area contributed by atoms with Crippen molar-refractivity contribution in [2.45, 2.75) is 12.8 Å². The third-order valence-corrected chi connectivity index (χ3v) is 3.87. The largest absolute Gasteiger partial charge is 0.381 e. The predicted octanol–water partition coefficient (Wildman–Crippen LogP) is 0.0703. The summed E-state index contributed by atoms with van der Waals surface area (Å²) in [7, 11) is 0. The molecule has 3 rings (SSSR count). The molecule has 1 amide bonds. The van der Waals surface area contributed by atoms with Crippen molar-refractivity contribution in [1.82, 2.24) is 4.90 Å². The normalized spacial score (nSPS) is 39.1. The lowest BCUT2D eigenvalue weighted by Gasteiger charge is -2.26. The second-order valence-electron chi connectivity index (χ2n) is 4.75. The van der Waals surface area contributed by atoms with Gasteiger partial charge in [-0.25, -0.2) is 0 Å². The van der Waals surface area contributed by atoms with E-state index < -0.39 is 0 Å². The molecular weight excluding hydrogens is 194 g/mol. The fourth-order valence-corrected chi connectivity index (χ4v) is 2.79. The van der Waals surface area contributed by atoms with E-state index in [1.807, 2.05) is 4.90 Å². The molecule has 2 saturated heterocycles. The second-order valence-corrected chi connectivity index (χ2v) is 4.75. The predicted molar refractivity (Wildman–Crippen MR) is 52.1 cm³/mol. The van der Waals surface area contributed by atoms with Crippen LogP contribution in [-0.4, -0.2) is 42.9 Å². The summed E-state index contributed by atoms with van der Waals surface area (Å²) in [5.41, 5.74) is 0. The molecule has 3 aliphatic rings. The molecule has 2 unspecified atom stereocenters. The molecule has 2 atom stereocenters. The van der Waals surface area contributed by atoms with Crippen molar-refractivity contribution in [3.05, 3.63) is 0 Å². The number of carbonyl (C=O) groups is 2. The minimum Gasteiger partial charge on any atom is -0.381 e. The van der Waals surface area contributed by atoms with Crippen LogP contribution in [0.3, 0.4) is 0 Å². The van der Waals surface area contributed by atoms with E-state index in [0.717, 1.165) is 13.2 Å². The molecule has 1 aliphatic carbocycles. The lowest BCUT2D eigenvalue weighted by molar-refractivity contribution is -0.136. The van der Waals surface area contributed by atoms with Crippen molar-refractivity contribution in [1.29, 1.82) is 0 Å². The summed E-state index contributed by atoms with van der Waals surface area (Å²) in [5.74, 6) is 1.73. The number of rotatable bonds is 1. The van der Waals surface area contributed by atoms with Crippen molar-refractivity contribution in [3.8, 4) is 0 Å². The molecule has 0 aromatic carbocycles. The molecule has 0 spiro atoms. The molecule has 4 nitrogen and oxygen atoms in total. The molecule has 4 heteroatoms. The van der Waals surface area contributed by atoms with Gasteiger partial charge in [-0.1, -0.05) is 0 Å². The fraction of sp³-hybridized carbons (Fsp3) is 0.818. The van der Waals surface area contributed by atoms with Gasteiger partial charge in [-0.05, 0) is 11.8 Å². The average molecular weight is 209 g/mol. The number of Topliss-reactive ketones (excluding diaryl/α,β-unsaturated/α-hetero) is 1. The minimum atomic E-state index is 0.215. The maximum atomic E-state index is 12.0. The maximum absolute atomic E-state index is 12.0. The summed E-state index contributed by atoms with van der Waals surface area (Å²) in [5, 5.41) is 0. The standard InChI is InChI=1S/C11H15NO3/c13-7-1-3-12(4-2-7)11(14)10-8-5-15-6-9(8)10/h8-10H,1-6H2. The summed E-state index contributed by atoms with van der Waals surface area (Å²) in [6.45, 7) is 2.78. The number of ether oxygens (including phenoxy) is 1. The number of piperidine rings is 1. The van der Waals surface area contributed by atoms with Crippen molar-refractivity contribution in [2.75, 3.05) is 26.3 Å². The topological polar surface area (TPSA) is 46.6 Å². The van der Waals surface area contributed by atoms with Gasteiger partial charge in [0.25, 0.3) is 0 Å². The number of ketones is 1. The van der Waals surface area contributed by atoms with Crippen LogP contribution in [0.15, 0.2) is 0 Å². The number of hydrogen-bond acceptors (Lipinski definition) is 3. The maximum Gasteiger partial charge on any atom is 0.226 e. The number of likely N-dealkylation sites (tertiary alicyclic amines) is 1. The van der Waals surface area contributed by atoms with Crippen LogP contribution in [-0.2, 0) is 14.3 Å². The van der Waals surface area contributed by atoms with Gasteiger partial charge >= 0.3 is 0 Å². The van der Waals surface area contributed by atoms with Gasteiger partial charge in [-0.3, -0.25) is 9.59 Å². The monoisotopic (exact) mass is 209 g/mol. The molecule has 82 valence electrons. The Kier molecular flexibility index (Phi) is 2.06. The summed E-state index contributed by atoms with van der Waals surface area (Å²) in [6, 6.07) is 0. The van der Waals surface area contributed by atoms with Crippen LogP contribution in [0.25, 0.3) is 0 Å². The van der Waals surface area contributed by atoms with Gasteiger partial charge in [-0.2, -0.15) is 0 Å². The highest BCUT2D eigenvalue weighted by Gasteiger charge is 2.58. The highest BCUT2D eigenvalue weighted by atomic mass is 16.5. The van der Waals surface area contributed by atoms with Gasteiger partial charge in [0.2, 0.25) is 5.91 Å². The van der Waals surface area contributed by atoms with Crippen LogP contribution in [0, 0.1) is 17.8 Å². The average Bonchev–Trinajstić information content (AvgIpc) is 2.72. The molecule has 0 bridgehead atoms. The van der Waals surface area contributed by atoms with Gasteiger partial charge in [0.1, 0.15) is 5.78 Å². The Morgan fingerprint density at radius 3 is 2.40 bits per heavy atom. The van der Waals surface area contributed by atoms with E-state index in [2.05, 4.69) is 0 Å². The number of hydrogen-bond donors (Lipinski definition) is 0. The number of amides is 1. The number of fused-ring (bicyclic) bond motifs is 1. The van der Waals surface area contributed by atoms with Gasteiger partial charge in [-0.15, -0.1) is 0 Å². The van der Waals surface area contributed by atoms with Crippen LogP contribution >= 0.6 is 0 Å². The third-order valence-electron chi connectivity index (χ3n) is 3.87. The van der Waals surface area contributed by atoms with E-state index in [9.17, 15) is 9.59 Å². The van der Waals surface area contributed by atoms with Crippen LogP contribution in [0.1, 0.15) is 12.8 Å². The zero-order chi connectivity index (χ0) is 10.4. The van der Waals surface area contributed by atoms with Crippen LogP contribution in [0.2, 0.25) is 0 Å². The van der Waals surface area contributed by atoms with E-state index >= 15 is 0 Å². The molecular formula is C11H15NO3. The first-order valence-electron chi connectivity index (χ1n) is 5.65. The quantitative estimate of drug-likeness (QED) is 0.614. The van der Waals surface area contributed by atoms with Gasteiger partial charge in [0.15, 0.2) is 0 Å². The van der Waals surface area contributed by atoms with E-state index in [-0.39, 0.29) is 11.8 Å². The van der Waals surface area contributed by atoms with Gasteiger partial charge < -0.3 is 9.64 Å². The van der Waals surface area contributed by atoms with Crippen molar-refractivity contribution in [2.24, 2.45) is 17.8 Å². The Hall–Kier alpha value is -0.900. The minimum absolute atomic E-state index is 0.215. The third kappa shape index (κ3) is 1.47. The SMILES string of the molecule is O=C1CCN(C(=O)C2C3COCC32)CC1. The van der Waals surface area contributed by atoms with Crippen molar-refractivity contribution >= 4 is 11.7 Å². The van der Waals surface area contributed by atoms with Gasteiger partial charge in [0.05, 0.1) is 13.2 Å². The van der Waals surface area contributed by atoms with Crippen LogP contribution < -0.4 is 0 Å². The molecule has 2 heterocycles. The zero-order valence-corrected chi connectivity index (χ0v) is 8.65. The number of carbonyl (C=O) groups excluding carboxylic acids is 2. The first-order valence-corrected chi connectivity index (χ1v) is 5.65. The molecule has 0 N–H and O–H groups in total. The van der Waals surface area contributed by atoms with E-state index in [1.165, 1.54) is 0 Å². The number of nitrogens with zero attached hydrogens (tertiary/aromatic N) is 1. The molecule has 0 radical (unpaired) electrons. The molecule has 1 saturated carbocycles. The molecule has 15 heavy (non-hydrogen) atoms. The van der Waals surface area contributed by atoms with E-state index in [0.29, 0.717) is 43.6 Å². The van der Waals surface area contributed by atoms with E-state index in [1.54, 1.807) is 0 Å². The second kappa shape index (κ2) is 3.30. The summed E-state index contributed by atoms with van der Waals surface area (Å²) >= 11 is 0. The first-order chi connectivity index (χ1) is 7.27. The first kappa shape index (κ1) is 9.33. The van der Waals surface area contributed by atoms with Crippen LogP contribution in [0.5, 0.6) is 0 Å². The molecule has 0 aromatic heterocycles. The lowest BCUT2D eigenvalue weighted by atomic mass is 10.1. The Morgan fingerprint density at radius 1 is 1.20 bits per heavy atom. The molecule has 2 aliphatic heterocycles. The smallest absolute Gasteiger partial charge is 0.226 e. The summed E-state index contributed by atoms with van der Waals surface area (Å²) in [6.07, 6.45) is 1.09. The molecule has 3 fully saturated rings. The van der Waals surface area contributed by atoms with Crippen molar-refractivity contribution < 1.29 is 14.3 Å². The highest BCUT2D eigenvalue weighted by Crippen LogP contribution is 2.51. The van der Waals surface area contributed by atoms with E-state index in [4.69, 9.17) is 4.74 Å². The highest BCUT2D eigenvalue weighted by molar-refractivity contribution is 5.86. The van der Waals surface area contributed by atoms with Crippen molar-refractivity contribution in [3.63, 3.8) is 0 Å². The Balaban J connectivity index is 1.59. The Bertz CT molecular complexity index is 295. The van der Waals surface area contributed by atoms with Crippen LogP contribution in [0.4, 0.5) is 0 Å². The summed E-state index contributed by atoms with van der Waals surface area (Å²) in [4.78, 5) is 25.0. The lowest BCUT2D eigenvalue weighted by Crippen LogP contribution is -2.40. The molecule has 0 aromatic rings. The summed E-state index contributed by atoms with van der Waals surface area (Å²) < 4.78 is 5.27. The Labute approximate surface area is 88.6 Å². The Morgan fingerprint density at radius 2 is 1.80 bits per heavy atom. The van der Waals surface area contributed by atoms with Gasteiger partial charge in [0, 0.05) is 31.8 Å². The zero-order valence-electron chi connectivity index (χ0n) is 8.65. The fourth-order valence-electron chi connectivity index (χ4n) is 2.79.